The van der Waals surface area contributed by atoms with Crippen molar-refractivity contribution in [2.45, 2.75) is 38.2 Å². The lowest BCUT2D eigenvalue weighted by atomic mass is 9.96. The third-order valence-electron chi connectivity index (χ3n) is 6.74. The molecule has 0 radical (unpaired) electrons. The highest BCUT2D eigenvalue weighted by molar-refractivity contribution is 6.32. The number of rotatable bonds is 6. The maximum Gasteiger partial charge on any atom is 0.410 e. The van der Waals surface area contributed by atoms with Gasteiger partial charge in [-0.2, -0.15) is 15.2 Å². The summed E-state index contributed by atoms with van der Waals surface area (Å²) in [7, 11) is 0. The first-order valence-corrected chi connectivity index (χ1v) is 11.2. The summed E-state index contributed by atoms with van der Waals surface area (Å²) in [6.45, 7) is 3.61. The third-order valence-corrected chi connectivity index (χ3v) is 7.04. The molecule has 172 valence electrons. The van der Waals surface area contributed by atoms with Crippen LogP contribution in [0, 0.1) is 22.7 Å². The van der Waals surface area contributed by atoms with Crippen molar-refractivity contribution in [1.82, 2.24) is 14.9 Å². The Kier molecular flexibility index (Phi) is 5.20. The van der Waals surface area contributed by atoms with Gasteiger partial charge in [-0.05, 0) is 56.7 Å². The molecule has 1 saturated heterocycles. The Balaban J connectivity index is 1.19. The van der Waals surface area contributed by atoms with Crippen LogP contribution in [0.15, 0.2) is 24.5 Å². The second-order valence-corrected chi connectivity index (χ2v) is 9.66. The lowest BCUT2D eigenvalue weighted by molar-refractivity contribution is 0.0438. The fourth-order valence-corrected chi connectivity index (χ4v) is 4.40. The van der Waals surface area contributed by atoms with Gasteiger partial charge in [0.05, 0.1) is 23.3 Å². The van der Waals surface area contributed by atoms with Crippen LogP contribution in [0.2, 0.25) is 5.02 Å². The van der Waals surface area contributed by atoms with Crippen LogP contribution < -0.4 is 9.47 Å². The molecule has 1 aromatic heterocycles. The van der Waals surface area contributed by atoms with Crippen LogP contribution in [0.5, 0.6) is 23.3 Å². The number of likely N-dealkylation sites (tertiary alicyclic amines) is 1. The highest BCUT2D eigenvalue weighted by atomic mass is 35.5. The Morgan fingerprint density at radius 2 is 2.12 bits per heavy atom. The minimum atomic E-state index is -0.329. The number of benzene rings is 1. The van der Waals surface area contributed by atoms with Crippen molar-refractivity contribution in [3.63, 3.8) is 0 Å². The Hall–Kier alpha value is -3.25. The lowest BCUT2D eigenvalue weighted by Gasteiger charge is -2.31. The van der Waals surface area contributed by atoms with Gasteiger partial charge >= 0.3 is 6.09 Å². The van der Waals surface area contributed by atoms with E-state index in [0.717, 1.165) is 25.7 Å². The number of halogens is 1. The van der Waals surface area contributed by atoms with E-state index in [4.69, 9.17) is 31.1 Å². The maximum absolute atomic E-state index is 12.4. The minimum absolute atomic E-state index is 0.0216. The molecule has 2 aromatic rings. The second-order valence-electron chi connectivity index (χ2n) is 9.26. The molecule has 1 N–H and O–H groups in total. The number of amides is 1. The number of aromatic nitrogens is 2. The molecule has 3 fully saturated rings. The van der Waals surface area contributed by atoms with Gasteiger partial charge in [0.15, 0.2) is 0 Å². The molecule has 3 aliphatic rings. The first-order chi connectivity index (χ1) is 15.8. The van der Waals surface area contributed by atoms with Crippen molar-refractivity contribution >= 4 is 17.7 Å². The second kappa shape index (κ2) is 7.96. The Morgan fingerprint density at radius 3 is 2.82 bits per heavy atom. The molecule has 5 rings (SSSR count). The van der Waals surface area contributed by atoms with E-state index in [2.05, 4.69) is 9.97 Å². The topological polar surface area (TPSA) is 118 Å². The minimum Gasteiger partial charge on any atom is -0.499 e. The molecule has 1 amide bonds. The van der Waals surface area contributed by atoms with E-state index in [-0.39, 0.29) is 45.4 Å². The summed E-state index contributed by atoms with van der Waals surface area (Å²) in [4.78, 5) is 22.2. The number of aromatic hydroxyl groups is 1. The summed E-state index contributed by atoms with van der Waals surface area (Å²) in [6, 6.07) is 6.54. The number of carbonyl (C=O) groups excluding carboxylic acids is 1. The van der Waals surface area contributed by atoms with Crippen LogP contribution in [0.1, 0.15) is 38.2 Å². The molecule has 2 saturated carbocycles. The number of fused-ring (bicyclic) bond motifs is 1. The predicted octanol–water partition coefficient (Wildman–Crippen LogP) is 4.28. The maximum atomic E-state index is 12.4. The molecular weight excluding hydrogens is 448 g/mol. The monoisotopic (exact) mass is 470 g/mol. The van der Waals surface area contributed by atoms with Gasteiger partial charge in [-0.3, -0.25) is 0 Å². The predicted molar refractivity (Wildman–Crippen MR) is 116 cm³/mol. The van der Waals surface area contributed by atoms with E-state index < -0.39 is 0 Å². The van der Waals surface area contributed by atoms with Gasteiger partial charge in [0.25, 0.3) is 11.8 Å². The number of hydrogen-bond donors (Lipinski definition) is 1. The van der Waals surface area contributed by atoms with Crippen LogP contribution in [-0.4, -0.2) is 51.4 Å². The molecule has 33 heavy (non-hydrogen) atoms. The molecule has 0 bridgehead atoms. The fourth-order valence-electron chi connectivity index (χ4n) is 4.18. The number of ether oxygens (including phenoxy) is 3. The first kappa shape index (κ1) is 21.6. The fraction of sp³-hybridized carbons (Fsp3) is 0.478. The van der Waals surface area contributed by atoms with Gasteiger partial charge in [0.2, 0.25) is 5.75 Å². The average molecular weight is 471 g/mol. The van der Waals surface area contributed by atoms with Gasteiger partial charge in [-0.15, -0.1) is 0 Å². The van der Waals surface area contributed by atoms with E-state index in [1.54, 1.807) is 11.0 Å². The van der Waals surface area contributed by atoms with Crippen LogP contribution >= 0.6 is 11.6 Å². The van der Waals surface area contributed by atoms with E-state index in [9.17, 15) is 9.90 Å². The van der Waals surface area contributed by atoms with Crippen molar-refractivity contribution in [3.05, 3.63) is 35.1 Å². The number of nitriles is 1. The molecule has 10 heteroatoms. The molecule has 1 aromatic carbocycles. The van der Waals surface area contributed by atoms with Gasteiger partial charge in [-0.25, -0.2) is 4.79 Å². The van der Waals surface area contributed by atoms with Gasteiger partial charge in [0.1, 0.15) is 17.7 Å². The number of carbonyl (C=O) groups is 1. The zero-order valence-corrected chi connectivity index (χ0v) is 18.8. The highest BCUT2D eigenvalue weighted by Gasteiger charge is 2.58. The molecule has 1 aliphatic heterocycles. The van der Waals surface area contributed by atoms with Crippen LogP contribution in [-0.2, 0) is 4.74 Å². The summed E-state index contributed by atoms with van der Waals surface area (Å²) in [6.07, 6.45) is 4.62. The van der Waals surface area contributed by atoms with Crippen molar-refractivity contribution in [3.8, 4) is 29.3 Å². The van der Waals surface area contributed by atoms with Crippen LogP contribution in [0.25, 0.3) is 0 Å². The first-order valence-electron chi connectivity index (χ1n) is 10.8. The SMILES string of the molecule is CC1(OC(=O)N2CCC3(COc4ncnc(Oc5ccc(C#N)cc5Cl)c4O)CC3C2)CC1. The molecular formula is C23H23ClN4O5. The van der Waals surface area contributed by atoms with Crippen molar-refractivity contribution in [2.75, 3.05) is 19.7 Å². The van der Waals surface area contributed by atoms with Gasteiger partial charge < -0.3 is 24.2 Å². The Morgan fingerprint density at radius 1 is 1.33 bits per heavy atom. The van der Waals surface area contributed by atoms with Crippen molar-refractivity contribution in [2.24, 2.45) is 11.3 Å². The average Bonchev–Trinajstić information content (AvgIpc) is 3.71. The summed E-state index contributed by atoms with van der Waals surface area (Å²) >= 11 is 6.14. The zero-order chi connectivity index (χ0) is 23.2. The molecule has 2 unspecified atom stereocenters. The number of nitrogens with zero attached hydrogens (tertiary/aromatic N) is 4. The van der Waals surface area contributed by atoms with Crippen molar-refractivity contribution < 1.29 is 24.1 Å². The summed E-state index contributed by atoms with van der Waals surface area (Å²) in [5, 5.41) is 19.7. The molecule has 2 atom stereocenters. The van der Waals surface area contributed by atoms with E-state index in [1.165, 1.54) is 18.5 Å². The normalized spacial score (nSPS) is 24.3. The molecule has 0 spiro atoms. The molecule has 9 nitrogen and oxygen atoms in total. The van der Waals surface area contributed by atoms with Crippen LogP contribution in [0.3, 0.4) is 0 Å². The van der Waals surface area contributed by atoms with Gasteiger partial charge in [-0.1, -0.05) is 11.6 Å². The molecule has 2 aliphatic carbocycles. The third kappa shape index (κ3) is 4.35. The van der Waals surface area contributed by atoms with Crippen molar-refractivity contribution in [1.29, 1.82) is 5.26 Å². The van der Waals surface area contributed by atoms with Gasteiger partial charge in [0, 0.05) is 18.5 Å². The van der Waals surface area contributed by atoms with E-state index in [0.29, 0.717) is 31.2 Å². The standard InChI is InChI=1S/C23H23ClN4O5/c1-22(4-5-22)33-21(30)28-7-6-23(9-15(23)11-28)12-31-19-18(29)20(27-13-26-19)32-17-3-2-14(10-25)8-16(17)24/h2-3,8,13,15,29H,4-7,9,11-12H2,1H3. The van der Waals surface area contributed by atoms with E-state index in [1.807, 2.05) is 13.0 Å². The Labute approximate surface area is 195 Å². The summed E-state index contributed by atoms with van der Waals surface area (Å²) in [5.74, 6) is 0.180. The lowest BCUT2D eigenvalue weighted by Crippen LogP contribution is -2.42. The highest BCUT2D eigenvalue weighted by Crippen LogP contribution is 2.58. The largest absolute Gasteiger partial charge is 0.499 e. The molecule has 2 heterocycles. The quantitative estimate of drug-likeness (QED) is 0.664. The summed E-state index contributed by atoms with van der Waals surface area (Å²) < 4.78 is 17.1. The van der Waals surface area contributed by atoms with E-state index >= 15 is 0 Å². The summed E-state index contributed by atoms with van der Waals surface area (Å²) in [5.41, 5.74) is 0.0854. The smallest absolute Gasteiger partial charge is 0.410 e. The van der Waals surface area contributed by atoms with Crippen LogP contribution in [0.4, 0.5) is 4.79 Å². The zero-order valence-electron chi connectivity index (χ0n) is 18.1. The number of piperidine rings is 1. The Bertz CT molecular complexity index is 1150. The number of hydrogen-bond acceptors (Lipinski definition) is 8.